The van der Waals surface area contributed by atoms with Crippen LogP contribution in [0.5, 0.6) is 0 Å². The second kappa shape index (κ2) is 4.99. The molecule has 0 saturated carbocycles. The minimum Gasteiger partial charge on any atom is -0.366 e. The third kappa shape index (κ3) is 2.26. The Kier molecular flexibility index (Phi) is 3.17. The van der Waals surface area contributed by atoms with Gasteiger partial charge in [-0.2, -0.15) is 4.98 Å². The van der Waals surface area contributed by atoms with Crippen LogP contribution >= 0.6 is 0 Å². The number of likely N-dealkylation sites (tertiary alicyclic amines) is 1. The van der Waals surface area contributed by atoms with Gasteiger partial charge in [0.25, 0.3) is 5.91 Å². The van der Waals surface area contributed by atoms with Gasteiger partial charge in [-0.1, -0.05) is 0 Å². The molecule has 0 radical (unpaired) electrons. The van der Waals surface area contributed by atoms with Crippen LogP contribution in [0.25, 0.3) is 0 Å². The fourth-order valence-electron chi connectivity index (χ4n) is 2.74. The molecular formula is C11H17N7O2. The SMILES string of the molecule is Nc1n[nH]c(C(=O)N2CCC(N3CCNC3=O)CC2)n1. The highest BCUT2D eigenvalue weighted by molar-refractivity contribution is 5.90. The molecule has 3 amide bonds. The molecule has 0 unspecified atom stereocenters. The summed E-state index contributed by atoms with van der Waals surface area (Å²) >= 11 is 0. The topological polar surface area (TPSA) is 120 Å². The number of nitrogens with one attached hydrogen (secondary N) is 2. The van der Waals surface area contributed by atoms with E-state index in [1.165, 1.54) is 0 Å². The van der Waals surface area contributed by atoms with Gasteiger partial charge in [0.05, 0.1) is 0 Å². The molecule has 3 heterocycles. The Morgan fingerprint density at radius 1 is 1.30 bits per heavy atom. The first-order valence-electron chi connectivity index (χ1n) is 6.67. The molecule has 0 bridgehead atoms. The van der Waals surface area contributed by atoms with Crippen LogP contribution in [-0.2, 0) is 0 Å². The zero-order chi connectivity index (χ0) is 14.1. The molecule has 9 nitrogen and oxygen atoms in total. The average Bonchev–Trinajstić information content (AvgIpc) is 3.07. The summed E-state index contributed by atoms with van der Waals surface area (Å²) in [5, 5.41) is 8.98. The van der Waals surface area contributed by atoms with Gasteiger partial charge in [-0.25, -0.2) is 4.79 Å². The van der Waals surface area contributed by atoms with Crippen molar-refractivity contribution in [2.75, 3.05) is 31.9 Å². The first kappa shape index (κ1) is 12.7. The molecule has 2 aliphatic rings. The molecule has 108 valence electrons. The second-order valence-electron chi connectivity index (χ2n) is 4.99. The summed E-state index contributed by atoms with van der Waals surface area (Å²) in [6.45, 7) is 2.66. The molecule has 1 aromatic rings. The molecule has 0 spiro atoms. The van der Waals surface area contributed by atoms with Crippen LogP contribution in [0.2, 0.25) is 0 Å². The minimum absolute atomic E-state index is 0.00205. The highest BCUT2D eigenvalue weighted by atomic mass is 16.2. The van der Waals surface area contributed by atoms with E-state index in [0.29, 0.717) is 19.6 Å². The van der Waals surface area contributed by atoms with E-state index in [1.807, 2.05) is 4.90 Å². The standard InChI is InChI=1S/C11H17N7O2/c12-10-14-8(15-16-10)9(19)17-4-1-7(2-5-17)18-6-3-13-11(18)20/h7H,1-6H2,(H,13,20)(H3,12,14,15,16). The zero-order valence-electron chi connectivity index (χ0n) is 11.0. The first-order valence-corrected chi connectivity index (χ1v) is 6.67. The van der Waals surface area contributed by atoms with Crippen LogP contribution in [0.4, 0.5) is 10.7 Å². The van der Waals surface area contributed by atoms with Gasteiger partial charge in [0.2, 0.25) is 11.8 Å². The van der Waals surface area contributed by atoms with Gasteiger partial charge < -0.3 is 20.9 Å². The Hall–Kier alpha value is -2.32. The molecule has 0 atom stereocenters. The number of nitrogen functional groups attached to an aromatic ring is 1. The van der Waals surface area contributed by atoms with Crippen molar-refractivity contribution in [3.63, 3.8) is 0 Å². The number of rotatable bonds is 2. The Labute approximate surface area is 115 Å². The van der Waals surface area contributed by atoms with Gasteiger partial charge >= 0.3 is 6.03 Å². The Morgan fingerprint density at radius 2 is 2.05 bits per heavy atom. The summed E-state index contributed by atoms with van der Waals surface area (Å²) in [6.07, 6.45) is 1.56. The van der Waals surface area contributed by atoms with Crippen LogP contribution in [0.3, 0.4) is 0 Å². The lowest BCUT2D eigenvalue weighted by atomic mass is 10.0. The van der Waals surface area contributed by atoms with Crippen molar-refractivity contribution in [2.24, 2.45) is 0 Å². The molecule has 2 saturated heterocycles. The third-order valence-corrected chi connectivity index (χ3v) is 3.79. The summed E-state index contributed by atoms with van der Waals surface area (Å²) < 4.78 is 0. The normalized spacial score (nSPS) is 20.3. The van der Waals surface area contributed by atoms with Crippen molar-refractivity contribution >= 4 is 17.9 Å². The Balaban J connectivity index is 1.58. The maximum Gasteiger partial charge on any atom is 0.317 e. The lowest BCUT2D eigenvalue weighted by Gasteiger charge is -2.35. The number of nitrogens with two attached hydrogens (primary N) is 1. The van der Waals surface area contributed by atoms with E-state index in [-0.39, 0.29) is 29.8 Å². The largest absolute Gasteiger partial charge is 0.366 e. The van der Waals surface area contributed by atoms with E-state index < -0.39 is 0 Å². The minimum atomic E-state index is -0.196. The molecule has 0 aromatic carbocycles. The second-order valence-corrected chi connectivity index (χ2v) is 4.99. The number of aromatic nitrogens is 3. The number of hydrogen-bond donors (Lipinski definition) is 3. The molecule has 0 aliphatic carbocycles. The number of carbonyl (C=O) groups is 2. The Morgan fingerprint density at radius 3 is 2.60 bits per heavy atom. The van der Waals surface area contributed by atoms with Gasteiger partial charge in [-0.05, 0) is 12.8 Å². The van der Waals surface area contributed by atoms with Crippen LogP contribution < -0.4 is 11.1 Å². The van der Waals surface area contributed by atoms with Crippen molar-refractivity contribution < 1.29 is 9.59 Å². The summed E-state index contributed by atoms with van der Waals surface area (Å²) in [5.41, 5.74) is 5.39. The zero-order valence-corrected chi connectivity index (χ0v) is 11.0. The predicted molar refractivity (Wildman–Crippen MR) is 69.8 cm³/mol. The fourth-order valence-corrected chi connectivity index (χ4v) is 2.74. The van der Waals surface area contributed by atoms with Crippen LogP contribution in [0.1, 0.15) is 23.5 Å². The molecule has 9 heteroatoms. The van der Waals surface area contributed by atoms with E-state index in [9.17, 15) is 9.59 Å². The fraction of sp³-hybridized carbons (Fsp3) is 0.636. The number of carbonyl (C=O) groups excluding carboxylic acids is 2. The number of amides is 3. The van der Waals surface area contributed by atoms with Crippen molar-refractivity contribution in [3.8, 4) is 0 Å². The quantitative estimate of drug-likeness (QED) is 0.642. The van der Waals surface area contributed by atoms with Crippen LogP contribution in [0, 0.1) is 0 Å². The Bertz CT molecular complexity index is 521. The van der Waals surface area contributed by atoms with E-state index in [1.54, 1.807) is 4.90 Å². The summed E-state index contributed by atoms with van der Waals surface area (Å²) in [7, 11) is 0. The van der Waals surface area contributed by atoms with Gasteiger partial charge in [-0.15, -0.1) is 5.10 Å². The third-order valence-electron chi connectivity index (χ3n) is 3.79. The average molecular weight is 279 g/mol. The lowest BCUT2D eigenvalue weighted by molar-refractivity contribution is 0.0654. The monoisotopic (exact) mass is 279 g/mol. The number of anilines is 1. The lowest BCUT2D eigenvalue weighted by Crippen LogP contribution is -2.47. The summed E-state index contributed by atoms with van der Waals surface area (Å²) in [4.78, 5) is 31.2. The van der Waals surface area contributed by atoms with E-state index >= 15 is 0 Å². The first-order chi connectivity index (χ1) is 9.65. The molecule has 3 rings (SSSR count). The van der Waals surface area contributed by atoms with E-state index in [2.05, 4.69) is 20.5 Å². The molecule has 4 N–H and O–H groups in total. The number of hydrogen-bond acceptors (Lipinski definition) is 5. The number of aromatic amines is 1. The van der Waals surface area contributed by atoms with Crippen molar-refractivity contribution in [1.29, 1.82) is 0 Å². The number of H-pyrrole nitrogens is 1. The maximum atomic E-state index is 12.1. The van der Waals surface area contributed by atoms with Gasteiger partial charge in [0, 0.05) is 32.2 Å². The number of piperidine rings is 1. The van der Waals surface area contributed by atoms with Crippen molar-refractivity contribution in [2.45, 2.75) is 18.9 Å². The molecule has 1 aromatic heterocycles. The highest BCUT2D eigenvalue weighted by Gasteiger charge is 2.32. The predicted octanol–water partition coefficient (Wildman–Crippen LogP) is -0.983. The molecular weight excluding hydrogens is 262 g/mol. The molecule has 20 heavy (non-hydrogen) atoms. The van der Waals surface area contributed by atoms with Crippen LogP contribution in [0.15, 0.2) is 0 Å². The number of urea groups is 1. The summed E-state index contributed by atoms with van der Waals surface area (Å²) in [5.74, 6) is 0.0374. The van der Waals surface area contributed by atoms with Gasteiger partial charge in [-0.3, -0.25) is 9.89 Å². The number of nitrogens with zero attached hydrogens (tertiary/aromatic N) is 4. The van der Waals surface area contributed by atoms with E-state index in [0.717, 1.165) is 19.4 Å². The van der Waals surface area contributed by atoms with Crippen molar-refractivity contribution in [3.05, 3.63) is 5.82 Å². The molecule has 2 fully saturated rings. The van der Waals surface area contributed by atoms with Crippen molar-refractivity contribution in [1.82, 2.24) is 30.3 Å². The molecule has 2 aliphatic heterocycles. The maximum absolute atomic E-state index is 12.1. The van der Waals surface area contributed by atoms with Gasteiger partial charge in [0.15, 0.2) is 0 Å². The van der Waals surface area contributed by atoms with Crippen LogP contribution in [-0.4, -0.2) is 69.1 Å². The van der Waals surface area contributed by atoms with Gasteiger partial charge in [0.1, 0.15) is 0 Å². The summed E-state index contributed by atoms with van der Waals surface area (Å²) in [6, 6.07) is 0.208. The smallest absolute Gasteiger partial charge is 0.317 e. The van der Waals surface area contributed by atoms with E-state index in [4.69, 9.17) is 5.73 Å². The highest BCUT2D eigenvalue weighted by Crippen LogP contribution is 2.19.